The predicted molar refractivity (Wildman–Crippen MR) is 131 cm³/mol. The molecule has 2 N–H and O–H groups in total. The third-order valence-corrected chi connectivity index (χ3v) is 6.07. The van der Waals surface area contributed by atoms with Crippen LogP contribution in [0.25, 0.3) is 33.3 Å². The topological polar surface area (TPSA) is 101 Å². The fraction of sp³-hybridized carbons (Fsp3) is 0.111. The minimum atomic E-state index is -0.961. The molecule has 0 aliphatic heterocycles. The lowest BCUT2D eigenvalue weighted by atomic mass is 10.0. The number of aromatic carboxylic acids is 1. The van der Waals surface area contributed by atoms with Gasteiger partial charge < -0.3 is 14.7 Å². The van der Waals surface area contributed by atoms with Crippen molar-refractivity contribution >= 4 is 17.0 Å². The Bertz CT molecular complexity index is 1570. The predicted octanol–water partition coefficient (Wildman–Crippen LogP) is 5.07. The minimum absolute atomic E-state index is 0.0647. The van der Waals surface area contributed by atoms with Gasteiger partial charge >= 0.3 is 5.97 Å². The van der Waals surface area contributed by atoms with Crippen LogP contribution in [0.3, 0.4) is 0 Å². The van der Waals surface area contributed by atoms with Gasteiger partial charge in [0.1, 0.15) is 0 Å². The second-order valence-corrected chi connectivity index (χ2v) is 8.26. The van der Waals surface area contributed by atoms with Gasteiger partial charge in [0.05, 0.1) is 28.3 Å². The highest BCUT2D eigenvalue weighted by atomic mass is 16.4. The Labute approximate surface area is 195 Å². The van der Waals surface area contributed by atoms with Gasteiger partial charge in [0.15, 0.2) is 0 Å². The summed E-state index contributed by atoms with van der Waals surface area (Å²) in [5, 5.41) is 9.25. The normalized spacial score (nSPS) is 12.1. The van der Waals surface area contributed by atoms with Gasteiger partial charge in [-0.25, -0.2) is 4.79 Å². The van der Waals surface area contributed by atoms with E-state index in [9.17, 15) is 14.7 Å². The van der Waals surface area contributed by atoms with Crippen LogP contribution in [0.2, 0.25) is 0 Å². The summed E-state index contributed by atoms with van der Waals surface area (Å²) in [7, 11) is 0. The molecule has 4 heterocycles. The first-order valence-electron chi connectivity index (χ1n) is 10.9. The lowest BCUT2D eigenvalue weighted by molar-refractivity contribution is 0.0697. The number of carboxylic acids is 1. The van der Waals surface area contributed by atoms with Gasteiger partial charge in [-0.1, -0.05) is 18.2 Å². The zero-order chi connectivity index (χ0) is 23.8. The Balaban J connectivity index is 1.71. The molecule has 0 saturated heterocycles. The van der Waals surface area contributed by atoms with Crippen LogP contribution >= 0.6 is 0 Å². The summed E-state index contributed by atoms with van der Waals surface area (Å²) in [6.07, 6.45) is 7.30. The maximum atomic E-state index is 11.8. The number of hydrogen-bond donors (Lipinski definition) is 2. The summed E-state index contributed by atoms with van der Waals surface area (Å²) >= 11 is 0. The highest BCUT2D eigenvalue weighted by Gasteiger charge is 2.18. The summed E-state index contributed by atoms with van der Waals surface area (Å²) in [5.74, 6) is -0.961. The molecule has 0 aliphatic rings. The maximum Gasteiger partial charge on any atom is 0.335 e. The quantitative estimate of drug-likeness (QED) is 0.389. The molecule has 0 aliphatic carbocycles. The molecule has 0 radical (unpaired) electrons. The van der Waals surface area contributed by atoms with Crippen molar-refractivity contribution < 1.29 is 9.90 Å². The summed E-state index contributed by atoms with van der Waals surface area (Å²) in [5.41, 5.74) is 6.92. The number of carboxylic acid groups (broad SMARTS) is 1. The number of fused-ring (bicyclic) bond motifs is 1. The zero-order valence-corrected chi connectivity index (χ0v) is 18.7. The van der Waals surface area contributed by atoms with Crippen LogP contribution < -0.4 is 5.56 Å². The molecule has 7 nitrogen and oxygen atoms in total. The number of carbonyl (C=O) groups is 1. The number of benzene rings is 1. The minimum Gasteiger partial charge on any atom is -0.478 e. The lowest BCUT2D eigenvalue weighted by Gasteiger charge is -2.15. The van der Waals surface area contributed by atoms with Crippen LogP contribution in [0, 0.1) is 6.92 Å². The molecule has 1 aromatic carbocycles. The van der Waals surface area contributed by atoms with Gasteiger partial charge in [-0.2, -0.15) is 0 Å². The van der Waals surface area contributed by atoms with E-state index in [2.05, 4.69) is 27.5 Å². The van der Waals surface area contributed by atoms with Crippen LogP contribution in [0.15, 0.2) is 84.2 Å². The molecular formula is C27H22N4O3. The summed E-state index contributed by atoms with van der Waals surface area (Å²) in [4.78, 5) is 35.2. The van der Waals surface area contributed by atoms with Crippen LogP contribution in [0.4, 0.5) is 0 Å². The van der Waals surface area contributed by atoms with Crippen LogP contribution in [-0.2, 0) is 0 Å². The highest BCUT2D eigenvalue weighted by Crippen LogP contribution is 2.35. The standard InChI is InChI=1S/C27H22N4O3/c1-16-11-20(14-30-26(16)32)21-12-24-25(29-13-21)22(18-6-8-19(9-7-18)27(33)34)15-31(24)17(2)23-5-3-4-10-28-23/h3-15,17H,1-2H3,(H,30,32)(H,33,34). The van der Waals surface area contributed by atoms with E-state index in [4.69, 9.17) is 4.98 Å². The van der Waals surface area contributed by atoms with Crippen molar-refractivity contribution in [3.8, 4) is 22.3 Å². The van der Waals surface area contributed by atoms with E-state index < -0.39 is 5.97 Å². The Morgan fingerprint density at radius 1 is 1.03 bits per heavy atom. The molecule has 34 heavy (non-hydrogen) atoms. The molecular weight excluding hydrogens is 428 g/mol. The van der Waals surface area contributed by atoms with Gasteiger partial charge in [-0.05, 0) is 61.4 Å². The van der Waals surface area contributed by atoms with Gasteiger partial charge in [-0.15, -0.1) is 0 Å². The number of pyridine rings is 3. The van der Waals surface area contributed by atoms with E-state index in [1.807, 2.05) is 30.5 Å². The number of hydrogen-bond acceptors (Lipinski definition) is 4. The summed E-state index contributed by atoms with van der Waals surface area (Å²) in [6, 6.07) is 16.5. The van der Waals surface area contributed by atoms with Crippen molar-refractivity contribution in [2.24, 2.45) is 0 Å². The molecule has 5 rings (SSSR count). The largest absolute Gasteiger partial charge is 0.478 e. The summed E-state index contributed by atoms with van der Waals surface area (Å²) < 4.78 is 2.13. The molecule has 0 saturated carbocycles. The zero-order valence-electron chi connectivity index (χ0n) is 18.7. The Hall–Kier alpha value is -4.52. The second-order valence-electron chi connectivity index (χ2n) is 8.26. The molecule has 1 unspecified atom stereocenters. The first-order valence-corrected chi connectivity index (χ1v) is 10.9. The average Bonchev–Trinajstić information content (AvgIpc) is 3.24. The number of nitrogens with one attached hydrogen (secondary N) is 1. The van der Waals surface area contributed by atoms with E-state index >= 15 is 0 Å². The number of aryl methyl sites for hydroxylation is 1. The first kappa shape index (κ1) is 21.3. The van der Waals surface area contributed by atoms with Gasteiger partial charge in [-0.3, -0.25) is 14.8 Å². The number of nitrogens with zero attached hydrogens (tertiary/aromatic N) is 3. The van der Waals surface area contributed by atoms with Crippen LogP contribution in [0.1, 0.15) is 34.6 Å². The number of aromatic amines is 1. The van der Waals surface area contributed by atoms with E-state index in [0.717, 1.165) is 39.0 Å². The SMILES string of the molecule is Cc1cc(-c2cnc3c(-c4ccc(C(=O)O)cc4)cn(C(C)c4ccccn4)c3c2)c[nH]c1=O. The fourth-order valence-electron chi connectivity index (χ4n) is 4.14. The van der Waals surface area contributed by atoms with E-state index in [-0.39, 0.29) is 17.2 Å². The molecule has 168 valence electrons. The van der Waals surface area contributed by atoms with E-state index in [1.165, 1.54) is 0 Å². The van der Waals surface area contributed by atoms with Gasteiger partial charge in [0.25, 0.3) is 5.56 Å². The monoisotopic (exact) mass is 450 g/mol. The molecule has 1 atom stereocenters. The van der Waals surface area contributed by atoms with E-state index in [0.29, 0.717) is 5.56 Å². The van der Waals surface area contributed by atoms with E-state index in [1.54, 1.807) is 49.8 Å². The third kappa shape index (κ3) is 3.77. The highest BCUT2D eigenvalue weighted by molar-refractivity contribution is 5.96. The molecule has 4 aromatic heterocycles. The van der Waals surface area contributed by atoms with Crippen LogP contribution in [-0.4, -0.2) is 30.6 Å². The number of H-pyrrole nitrogens is 1. The Morgan fingerprint density at radius 2 is 1.82 bits per heavy atom. The lowest BCUT2D eigenvalue weighted by Crippen LogP contribution is -2.08. The van der Waals surface area contributed by atoms with Crippen molar-refractivity contribution in [1.29, 1.82) is 0 Å². The Kier molecular flexibility index (Phi) is 5.30. The smallest absolute Gasteiger partial charge is 0.335 e. The Morgan fingerprint density at radius 3 is 2.50 bits per heavy atom. The third-order valence-electron chi connectivity index (χ3n) is 6.07. The van der Waals surface area contributed by atoms with Crippen molar-refractivity contribution in [3.05, 3.63) is 107 Å². The van der Waals surface area contributed by atoms with Gasteiger partial charge in [0, 0.05) is 41.5 Å². The number of aromatic nitrogens is 4. The molecule has 0 amide bonds. The van der Waals surface area contributed by atoms with Crippen LogP contribution in [0.5, 0.6) is 0 Å². The molecule has 0 spiro atoms. The van der Waals surface area contributed by atoms with Gasteiger partial charge in [0.2, 0.25) is 0 Å². The molecule has 7 heteroatoms. The first-order chi connectivity index (χ1) is 16.4. The van der Waals surface area contributed by atoms with Crippen molar-refractivity contribution in [2.45, 2.75) is 19.9 Å². The number of rotatable bonds is 5. The summed E-state index contributed by atoms with van der Waals surface area (Å²) in [6.45, 7) is 3.86. The second kappa shape index (κ2) is 8.44. The van der Waals surface area contributed by atoms with Crippen molar-refractivity contribution in [1.82, 2.24) is 19.5 Å². The average molecular weight is 450 g/mol. The maximum absolute atomic E-state index is 11.8. The van der Waals surface area contributed by atoms with Crippen molar-refractivity contribution in [3.63, 3.8) is 0 Å². The van der Waals surface area contributed by atoms with Crippen molar-refractivity contribution in [2.75, 3.05) is 0 Å². The molecule has 0 bridgehead atoms. The molecule has 0 fully saturated rings. The molecule has 5 aromatic rings. The fourth-order valence-corrected chi connectivity index (χ4v) is 4.14.